The first-order valence-electron chi connectivity index (χ1n) is 6.76. The lowest BCUT2D eigenvalue weighted by atomic mass is 10.0. The predicted molar refractivity (Wildman–Crippen MR) is 80.6 cm³/mol. The second-order valence-corrected chi connectivity index (χ2v) is 6.78. The van der Waals surface area contributed by atoms with Gasteiger partial charge in [-0.1, -0.05) is 0 Å². The van der Waals surface area contributed by atoms with Gasteiger partial charge in [0.25, 0.3) is 10.0 Å². The zero-order valence-corrected chi connectivity index (χ0v) is 12.6. The van der Waals surface area contributed by atoms with E-state index < -0.39 is 21.7 Å². The SMILES string of the molecule is O=C1CCc2cc(NS(=O)(=O)c3ccc(F)c(F)c3)ccc2N1. The summed E-state index contributed by atoms with van der Waals surface area (Å²) in [6.07, 6.45) is 0.828. The number of fused-ring (bicyclic) bond motifs is 1. The van der Waals surface area contributed by atoms with Crippen molar-refractivity contribution in [2.45, 2.75) is 17.7 Å². The number of benzene rings is 2. The molecular formula is C15H12F2N2O3S. The van der Waals surface area contributed by atoms with Crippen LogP contribution in [0.3, 0.4) is 0 Å². The third kappa shape index (κ3) is 3.16. The Morgan fingerprint density at radius 2 is 1.78 bits per heavy atom. The average Bonchev–Trinajstić information content (AvgIpc) is 2.49. The van der Waals surface area contributed by atoms with Crippen LogP contribution in [-0.4, -0.2) is 14.3 Å². The van der Waals surface area contributed by atoms with E-state index in [0.29, 0.717) is 24.6 Å². The normalized spacial score (nSPS) is 14.1. The fraction of sp³-hybridized carbons (Fsp3) is 0.133. The van der Waals surface area contributed by atoms with E-state index in [1.54, 1.807) is 12.1 Å². The van der Waals surface area contributed by atoms with Crippen LogP contribution in [0.15, 0.2) is 41.3 Å². The molecule has 0 atom stereocenters. The monoisotopic (exact) mass is 338 g/mol. The fourth-order valence-electron chi connectivity index (χ4n) is 2.30. The first kappa shape index (κ1) is 15.4. The second kappa shape index (κ2) is 5.62. The quantitative estimate of drug-likeness (QED) is 0.903. The zero-order valence-electron chi connectivity index (χ0n) is 11.8. The number of carbonyl (C=O) groups excluding carboxylic acids is 1. The van der Waals surface area contributed by atoms with Crippen molar-refractivity contribution in [3.05, 3.63) is 53.6 Å². The number of anilines is 2. The van der Waals surface area contributed by atoms with Crippen LogP contribution in [0.1, 0.15) is 12.0 Å². The molecule has 0 spiro atoms. The molecule has 1 amide bonds. The maximum absolute atomic E-state index is 13.2. The number of hydrogen-bond acceptors (Lipinski definition) is 3. The highest BCUT2D eigenvalue weighted by Crippen LogP contribution is 2.27. The predicted octanol–water partition coefficient (Wildman–Crippen LogP) is 2.65. The minimum absolute atomic E-state index is 0.0902. The van der Waals surface area contributed by atoms with Crippen LogP contribution in [0.4, 0.5) is 20.2 Å². The van der Waals surface area contributed by atoms with Crippen molar-refractivity contribution in [1.82, 2.24) is 0 Å². The Morgan fingerprint density at radius 1 is 1.00 bits per heavy atom. The first-order chi connectivity index (χ1) is 10.8. The van der Waals surface area contributed by atoms with Crippen LogP contribution in [0, 0.1) is 11.6 Å². The molecule has 0 radical (unpaired) electrons. The van der Waals surface area contributed by atoms with E-state index in [-0.39, 0.29) is 16.5 Å². The zero-order chi connectivity index (χ0) is 16.6. The van der Waals surface area contributed by atoms with Crippen molar-refractivity contribution in [3.63, 3.8) is 0 Å². The Balaban J connectivity index is 1.88. The summed E-state index contributed by atoms with van der Waals surface area (Å²) in [6.45, 7) is 0. The summed E-state index contributed by atoms with van der Waals surface area (Å²) in [5.74, 6) is -2.44. The molecule has 0 aromatic heterocycles. The van der Waals surface area contributed by atoms with Gasteiger partial charge in [-0.05, 0) is 48.4 Å². The number of aryl methyl sites for hydroxylation is 1. The summed E-state index contributed by atoms with van der Waals surface area (Å²) in [6, 6.07) is 7.05. The van der Waals surface area contributed by atoms with Crippen molar-refractivity contribution < 1.29 is 22.0 Å². The van der Waals surface area contributed by atoms with Crippen LogP contribution in [-0.2, 0) is 21.2 Å². The van der Waals surface area contributed by atoms with E-state index in [9.17, 15) is 22.0 Å². The van der Waals surface area contributed by atoms with Gasteiger partial charge in [0.15, 0.2) is 11.6 Å². The largest absolute Gasteiger partial charge is 0.326 e. The molecule has 1 aliphatic rings. The second-order valence-electron chi connectivity index (χ2n) is 5.10. The molecular weight excluding hydrogens is 326 g/mol. The van der Waals surface area contributed by atoms with Gasteiger partial charge in [0.2, 0.25) is 5.91 Å². The maximum Gasteiger partial charge on any atom is 0.261 e. The molecule has 0 fully saturated rings. The van der Waals surface area contributed by atoms with E-state index in [0.717, 1.165) is 17.7 Å². The molecule has 0 saturated carbocycles. The number of rotatable bonds is 3. The minimum Gasteiger partial charge on any atom is -0.326 e. The third-order valence-electron chi connectivity index (χ3n) is 3.45. The Bertz CT molecular complexity index is 898. The standard InChI is InChI=1S/C15H12F2N2O3S/c16-12-4-3-11(8-13(12)17)23(21,22)19-10-2-5-14-9(7-10)1-6-15(20)18-14/h2-5,7-8,19H,1,6H2,(H,18,20). The molecule has 2 N–H and O–H groups in total. The highest BCUT2D eigenvalue weighted by Gasteiger charge is 2.19. The summed E-state index contributed by atoms with van der Waals surface area (Å²) < 4.78 is 52.9. The van der Waals surface area contributed by atoms with Crippen molar-refractivity contribution in [2.75, 3.05) is 10.0 Å². The van der Waals surface area contributed by atoms with Crippen LogP contribution in [0.25, 0.3) is 0 Å². The summed E-state index contributed by atoms with van der Waals surface area (Å²) >= 11 is 0. The minimum atomic E-state index is -4.03. The van der Waals surface area contributed by atoms with Gasteiger partial charge in [-0.25, -0.2) is 17.2 Å². The van der Waals surface area contributed by atoms with Gasteiger partial charge in [-0.3, -0.25) is 9.52 Å². The van der Waals surface area contributed by atoms with Gasteiger partial charge in [0, 0.05) is 17.8 Å². The molecule has 0 bridgehead atoms. The number of nitrogens with one attached hydrogen (secondary N) is 2. The Morgan fingerprint density at radius 3 is 2.52 bits per heavy atom. The van der Waals surface area contributed by atoms with E-state index in [1.165, 1.54) is 6.07 Å². The topological polar surface area (TPSA) is 75.3 Å². The molecule has 1 heterocycles. The Hall–Kier alpha value is -2.48. The molecule has 8 heteroatoms. The van der Waals surface area contributed by atoms with E-state index in [4.69, 9.17) is 0 Å². The highest BCUT2D eigenvalue weighted by molar-refractivity contribution is 7.92. The van der Waals surface area contributed by atoms with Gasteiger partial charge in [0.05, 0.1) is 4.90 Å². The van der Waals surface area contributed by atoms with Gasteiger partial charge in [0.1, 0.15) is 0 Å². The smallest absolute Gasteiger partial charge is 0.261 e. The number of halogens is 2. The number of hydrogen-bond donors (Lipinski definition) is 2. The fourth-order valence-corrected chi connectivity index (χ4v) is 3.37. The molecule has 1 aliphatic heterocycles. The molecule has 2 aromatic rings. The number of sulfonamides is 1. The average molecular weight is 338 g/mol. The number of carbonyl (C=O) groups is 1. The summed E-state index contributed by atoms with van der Waals surface area (Å²) in [5.41, 5.74) is 1.72. The van der Waals surface area contributed by atoms with Gasteiger partial charge < -0.3 is 5.32 Å². The van der Waals surface area contributed by atoms with Crippen LogP contribution in [0.5, 0.6) is 0 Å². The van der Waals surface area contributed by atoms with Crippen LogP contribution in [0.2, 0.25) is 0 Å². The lowest BCUT2D eigenvalue weighted by Gasteiger charge is -2.18. The molecule has 2 aromatic carbocycles. The Labute approximate surface area is 131 Å². The van der Waals surface area contributed by atoms with E-state index >= 15 is 0 Å². The van der Waals surface area contributed by atoms with Crippen LogP contribution < -0.4 is 10.0 Å². The van der Waals surface area contributed by atoms with Crippen LogP contribution >= 0.6 is 0 Å². The molecule has 23 heavy (non-hydrogen) atoms. The maximum atomic E-state index is 13.2. The lowest BCUT2D eigenvalue weighted by molar-refractivity contribution is -0.116. The van der Waals surface area contributed by atoms with E-state index in [1.807, 2.05) is 0 Å². The number of amides is 1. The van der Waals surface area contributed by atoms with E-state index in [2.05, 4.69) is 10.0 Å². The Kier molecular flexibility index (Phi) is 3.77. The lowest BCUT2D eigenvalue weighted by Crippen LogP contribution is -2.19. The molecule has 0 unspecified atom stereocenters. The molecule has 0 saturated heterocycles. The van der Waals surface area contributed by atoms with Gasteiger partial charge in [-0.15, -0.1) is 0 Å². The van der Waals surface area contributed by atoms with Gasteiger partial charge >= 0.3 is 0 Å². The molecule has 3 rings (SSSR count). The van der Waals surface area contributed by atoms with Crippen molar-refractivity contribution in [1.29, 1.82) is 0 Å². The highest BCUT2D eigenvalue weighted by atomic mass is 32.2. The van der Waals surface area contributed by atoms with Crippen molar-refractivity contribution >= 4 is 27.3 Å². The molecule has 120 valence electrons. The van der Waals surface area contributed by atoms with Crippen molar-refractivity contribution in [2.24, 2.45) is 0 Å². The first-order valence-corrected chi connectivity index (χ1v) is 8.24. The molecule has 0 aliphatic carbocycles. The third-order valence-corrected chi connectivity index (χ3v) is 4.83. The summed E-state index contributed by atoms with van der Waals surface area (Å²) in [4.78, 5) is 10.9. The van der Waals surface area contributed by atoms with Crippen molar-refractivity contribution in [3.8, 4) is 0 Å². The summed E-state index contributed by atoms with van der Waals surface area (Å²) in [7, 11) is -4.03. The molecule has 5 nitrogen and oxygen atoms in total. The summed E-state index contributed by atoms with van der Waals surface area (Å²) in [5, 5.41) is 2.69. The van der Waals surface area contributed by atoms with Gasteiger partial charge in [-0.2, -0.15) is 0 Å².